The first-order valence-electron chi connectivity index (χ1n) is 17.9. The molecule has 11 heteroatoms. The molecule has 1 saturated heterocycles. The Hall–Kier alpha value is -6.85. The Morgan fingerprint density at radius 3 is 1.89 bits per heavy atom. The van der Waals surface area contributed by atoms with E-state index in [0.717, 1.165) is 22.4 Å². The number of anilines is 1. The third kappa shape index (κ3) is 7.12. The van der Waals surface area contributed by atoms with Crippen molar-refractivity contribution in [1.82, 2.24) is 19.5 Å². The summed E-state index contributed by atoms with van der Waals surface area (Å²) in [4.78, 5) is 40.3. The van der Waals surface area contributed by atoms with Gasteiger partial charge in [-0.1, -0.05) is 109 Å². The summed E-state index contributed by atoms with van der Waals surface area (Å²) in [5.41, 5.74) is 3.82. The second-order valence-electron chi connectivity index (χ2n) is 13.0. The lowest BCUT2D eigenvalue weighted by Crippen LogP contribution is -2.38. The van der Waals surface area contributed by atoms with Gasteiger partial charge in [0.15, 0.2) is 17.0 Å². The Kier molecular flexibility index (Phi) is 10.0. The Balaban J connectivity index is 1.14. The molecule has 0 spiro atoms. The van der Waals surface area contributed by atoms with Crippen LogP contribution in [0.15, 0.2) is 158 Å². The normalized spacial score (nSPS) is 16.7. The molecule has 11 nitrogen and oxygen atoms in total. The van der Waals surface area contributed by atoms with E-state index < -0.39 is 35.9 Å². The van der Waals surface area contributed by atoms with E-state index in [1.165, 1.54) is 6.33 Å². The molecule has 5 aromatic carbocycles. The van der Waals surface area contributed by atoms with Crippen LogP contribution >= 0.6 is 0 Å². The highest BCUT2D eigenvalue weighted by molar-refractivity contribution is 5.90. The van der Waals surface area contributed by atoms with Crippen LogP contribution in [0.25, 0.3) is 11.2 Å². The topological polar surface area (TPSA) is 127 Å². The maximum atomic E-state index is 13.2. The quantitative estimate of drug-likeness (QED) is 0.0992. The SMILES string of the molecule is COc1ccc(C(Nc2ncnc3c2ncn3[C@H]2C[C@H](OC(=O)c3ccccc3)[C@H](COC(=O)c3ccccc3)O2)(c2ccccc2)c2ccccc2)cc1. The summed E-state index contributed by atoms with van der Waals surface area (Å²) in [6, 6.07) is 45.7. The van der Waals surface area contributed by atoms with E-state index >= 15 is 0 Å². The summed E-state index contributed by atoms with van der Waals surface area (Å²) in [5.74, 6) is 0.217. The van der Waals surface area contributed by atoms with Crippen molar-refractivity contribution >= 4 is 28.9 Å². The number of imidazole rings is 1. The predicted octanol–water partition coefficient (Wildman–Crippen LogP) is 7.61. The Labute approximate surface area is 317 Å². The van der Waals surface area contributed by atoms with Crippen molar-refractivity contribution in [1.29, 1.82) is 0 Å². The van der Waals surface area contributed by atoms with Crippen LogP contribution in [0.3, 0.4) is 0 Å². The number of fused-ring (bicyclic) bond motifs is 1. The number of hydrogen-bond donors (Lipinski definition) is 1. The highest BCUT2D eigenvalue weighted by Crippen LogP contribution is 2.42. The van der Waals surface area contributed by atoms with E-state index in [0.29, 0.717) is 28.1 Å². The summed E-state index contributed by atoms with van der Waals surface area (Å²) < 4.78 is 25.5. The lowest BCUT2D eigenvalue weighted by atomic mass is 9.77. The Morgan fingerprint density at radius 2 is 1.29 bits per heavy atom. The molecule has 0 unspecified atom stereocenters. The molecule has 0 saturated carbocycles. The van der Waals surface area contributed by atoms with E-state index in [1.807, 2.05) is 72.8 Å². The van der Waals surface area contributed by atoms with E-state index in [4.69, 9.17) is 28.9 Å². The number of aromatic nitrogens is 4. The van der Waals surface area contributed by atoms with Crippen LogP contribution in [0, 0.1) is 0 Å². The zero-order valence-corrected chi connectivity index (χ0v) is 29.9. The summed E-state index contributed by atoms with van der Waals surface area (Å²) in [7, 11) is 1.64. The number of nitrogens with zero attached hydrogens (tertiary/aromatic N) is 4. The van der Waals surface area contributed by atoms with Gasteiger partial charge >= 0.3 is 11.9 Å². The molecule has 274 valence electrons. The lowest BCUT2D eigenvalue weighted by molar-refractivity contribution is -0.0563. The van der Waals surface area contributed by atoms with Crippen LogP contribution < -0.4 is 10.1 Å². The van der Waals surface area contributed by atoms with E-state index in [9.17, 15) is 9.59 Å². The minimum atomic E-state index is -0.909. The third-order valence-electron chi connectivity index (χ3n) is 9.75. The zero-order chi connectivity index (χ0) is 37.6. The van der Waals surface area contributed by atoms with E-state index in [1.54, 1.807) is 66.5 Å². The minimum Gasteiger partial charge on any atom is -0.497 e. The van der Waals surface area contributed by atoms with Crippen molar-refractivity contribution in [3.63, 3.8) is 0 Å². The molecule has 3 atom stereocenters. The first-order chi connectivity index (χ1) is 27.0. The van der Waals surface area contributed by atoms with Crippen LogP contribution in [0.4, 0.5) is 5.82 Å². The summed E-state index contributed by atoms with van der Waals surface area (Å²) in [6.45, 7) is -0.135. The van der Waals surface area contributed by atoms with Gasteiger partial charge < -0.3 is 24.3 Å². The number of esters is 2. The summed E-state index contributed by atoms with van der Waals surface area (Å²) >= 11 is 0. The highest BCUT2D eigenvalue weighted by Gasteiger charge is 2.42. The van der Waals surface area contributed by atoms with Gasteiger partial charge in [0.1, 0.15) is 42.7 Å². The van der Waals surface area contributed by atoms with E-state index in [-0.39, 0.29) is 13.0 Å². The van der Waals surface area contributed by atoms with Crippen molar-refractivity contribution in [3.05, 3.63) is 186 Å². The lowest BCUT2D eigenvalue weighted by Gasteiger charge is -2.37. The molecule has 1 aliphatic rings. The Morgan fingerprint density at radius 1 is 0.727 bits per heavy atom. The fourth-order valence-electron chi connectivity index (χ4n) is 7.01. The van der Waals surface area contributed by atoms with Gasteiger partial charge in [-0.05, 0) is 53.1 Å². The summed E-state index contributed by atoms with van der Waals surface area (Å²) in [5, 5.41) is 3.80. The van der Waals surface area contributed by atoms with Crippen LogP contribution in [0.5, 0.6) is 5.75 Å². The first-order valence-corrected chi connectivity index (χ1v) is 17.9. The molecule has 0 aliphatic carbocycles. The number of carbonyl (C=O) groups is 2. The van der Waals surface area contributed by atoms with Crippen molar-refractivity contribution in [2.24, 2.45) is 0 Å². The van der Waals surface area contributed by atoms with Gasteiger partial charge in [0.05, 0.1) is 24.6 Å². The molecule has 8 rings (SSSR count). The van der Waals surface area contributed by atoms with Gasteiger partial charge in [-0.2, -0.15) is 0 Å². The van der Waals surface area contributed by atoms with Gasteiger partial charge in [0.2, 0.25) is 0 Å². The largest absolute Gasteiger partial charge is 0.497 e. The van der Waals surface area contributed by atoms with Crippen LogP contribution in [-0.2, 0) is 19.7 Å². The maximum Gasteiger partial charge on any atom is 0.338 e. The number of carbonyl (C=O) groups excluding carboxylic acids is 2. The second kappa shape index (κ2) is 15.6. The van der Waals surface area contributed by atoms with Crippen molar-refractivity contribution in [2.75, 3.05) is 19.0 Å². The summed E-state index contributed by atoms with van der Waals surface area (Å²) in [6.07, 6.45) is 1.23. The van der Waals surface area contributed by atoms with Gasteiger partial charge in [-0.15, -0.1) is 0 Å². The monoisotopic (exact) mass is 731 g/mol. The molecule has 0 bridgehead atoms. The fourth-order valence-corrected chi connectivity index (χ4v) is 7.01. The fraction of sp³-hybridized carbons (Fsp3) is 0.159. The average molecular weight is 732 g/mol. The number of nitrogens with one attached hydrogen (secondary N) is 1. The van der Waals surface area contributed by atoms with Gasteiger partial charge in [0.25, 0.3) is 0 Å². The number of benzene rings is 5. The second-order valence-corrected chi connectivity index (χ2v) is 13.0. The third-order valence-corrected chi connectivity index (χ3v) is 9.75. The highest BCUT2D eigenvalue weighted by atomic mass is 16.6. The molecule has 1 N–H and O–H groups in total. The molecule has 0 radical (unpaired) electrons. The molecular formula is C44H37N5O6. The maximum absolute atomic E-state index is 13.2. The number of rotatable bonds is 12. The Bertz CT molecular complexity index is 2340. The van der Waals surface area contributed by atoms with Gasteiger partial charge in [-0.25, -0.2) is 24.5 Å². The van der Waals surface area contributed by atoms with Crippen molar-refractivity contribution in [2.45, 2.75) is 30.4 Å². The molecule has 7 aromatic rings. The van der Waals surface area contributed by atoms with Crippen LogP contribution in [-0.4, -0.2) is 57.4 Å². The predicted molar refractivity (Wildman–Crippen MR) is 206 cm³/mol. The standard InChI is InChI=1S/C44H37N5O6/c1-52-35-24-22-34(23-25-35)44(32-18-10-4-11-19-32,33-20-12-5-13-21-33)48-40-39-41(46-28-45-40)49(29-47-39)38-26-36(55-43(51)31-16-8-3-9-17-31)37(54-38)27-53-42(50)30-14-6-2-7-15-30/h2-25,28-29,36-38H,26-27H2,1H3,(H,45,46,48)/t36-,37-,38+/m0/s1. The number of ether oxygens (including phenoxy) is 4. The number of hydrogen-bond acceptors (Lipinski definition) is 10. The van der Waals surface area contributed by atoms with Gasteiger partial charge in [0, 0.05) is 6.42 Å². The van der Waals surface area contributed by atoms with Crippen molar-refractivity contribution < 1.29 is 28.5 Å². The zero-order valence-electron chi connectivity index (χ0n) is 29.9. The minimum absolute atomic E-state index is 0.135. The van der Waals surface area contributed by atoms with Gasteiger partial charge in [-0.3, -0.25) is 4.57 Å². The molecule has 3 heterocycles. The molecule has 1 fully saturated rings. The van der Waals surface area contributed by atoms with E-state index in [2.05, 4.69) is 34.6 Å². The molecule has 55 heavy (non-hydrogen) atoms. The molecule has 2 aromatic heterocycles. The van der Waals surface area contributed by atoms with Crippen molar-refractivity contribution in [3.8, 4) is 5.75 Å². The first kappa shape index (κ1) is 35.2. The number of methoxy groups -OCH3 is 1. The molecule has 1 aliphatic heterocycles. The molecule has 0 amide bonds. The van der Waals surface area contributed by atoms with Crippen LogP contribution in [0.2, 0.25) is 0 Å². The molecular weight excluding hydrogens is 695 g/mol. The van der Waals surface area contributed by atoms with Crippen LogP contribution in [0.1, 0.15) is 50.1 Å². The average Bonchev–Trinajstić information content (AvgIpc) is 3.87. The smallest absolute Gasteiger partial charge is 0.338 e.